The molecule has 0 bridgehead atoms. The van der Waals surface area contributed by atoms with Crippen LogP contribution in [0.5, 0.6) is 23.0 Å². The second kappa shape index (κ2) is 13.8. The normalized spacial score (nSPS) is 16.1. The molecule has 306 valence electrons. The van der Waals surface area contributed by atoms with Gasteiger partial charge in [0.25, 0.3) is 0 Å². The summed E-state index contributed by atoms with van der Waals surface area (Å²) in [6.45, 7) is 0. The van der Waals surface area contributed by atoms with Gasteiger partial charge in [0, 0.05) is 38.8 Å². The van der Waals surface area contributed by atoms with Crippen molar-refractivity contribution in [3.8, 4) is 56.4 Å². The molecule has 4 aliphatic rings. The van der Waals surface area contributed by atoms with E-state index < -0.39 is 5.41 Å². The number of para-hydroxylation sites is 4. The third-order valence-electron chi connectivity index (χ3n) is 14.0. The van der Waals surface area contributed by atoms with Gasteiger partial charge >= 0.3 is 0 Å². The molecule has 0 saturated heterocycles. The number of anilines is 3. The first kappa shape index (κ1) is 36.2. The Labute approximate surface area is 376 Å². The molecular formula is C61H39NO3. The minimum absolute atomic E-state index is 0.439. The van der Waals surface area contributed by atoms with Gasteiger partial charge < -0.3 is 18.8 Å². The van der Waals surface area contributed by atoms with Gasteiger partial charge in [-0.1, -0.05) is 152 Å². The van der Waals surface area contributed by atoms with Gasteiger partial charge in [0.1, 0.15) is 11.2 Å². The first-order chi connectivity index (χ1) is 32.2. The second-order valence-corrected chi connectivity index (χ2v) is 17.4. The number of allylic oxidation sites excluding steroid dienone is 4. The minimum Gasteiger partial charge on any atom is -0.456 e. The van der Waals surface area contributed by atoms with Crippen LogP contribution in [0.15, 0.2) is 222 Å². The predicted octanol–water partition coefficient (Wildman–Crippen LogP) is 16.7. The van der Waals surface area contributed by atoms with E-state index in [0.717, 1.165) is 91.2 Å². The Balaban J connectivity index is 0.896. The van der Waals surface area contributed by atoms with Gasteiger partial charge in [-0.15, -0.1) is 0 Å². The molecular weight excluding hydrogens is 795 g/mol. The van der Waals surface area contributed by atoms with Crippen molar-refractivity contribution in [1.82, 2.24) is 0 Å². The molecule has 0 fully saturated rings. The van der Waals surface area contributed by atoms with Crippen molar-refractivity contribution >= 4 is 44.6 Å². The van der Waals surface area contributed by atoms with Gasteiger partial charge in [0.05, 0.1) is 11.1 Å². The lowest BCUT2D eigenvalue weighted by Gasteiger charge is -2.32. The molecule has 14 rings (SSSR count). The van der Waals surface area contributed by atoms with E-state index in [9.17, 15) is 0 Å². The van der Waals surface area contributed by atoms with Gasteiger partial charge in [-0.2, -0.15) is 0 Å². The Morgan fingerprint density at radius 2 is 1.08 bits per heavy atom. The van der Waals surface area contributed by atoms with E-state index in [1.807, 2.05) is 18.2 Å². The van der Waals surface area contributed by atoms with Crippen LogP contribution < -0.4 is 14.4 Å². The molecule has 4 heteroatoms. The molecule has 1 aliphatic heterocycles. The molecule has 1 aromatic heterocycles. The fourth-order valence-corrected chi connectivity index (χ4v) is 11.3. The van der Waals surface area contributed by atoms with Crippen LogP contribution in [0.4, 0.5) is 17.1 Å². The second-order valence-electron chi connectivity index (χ2n) is 17.4. The van der Waals surface area contributed by atoms with Crippen molar-refractivity contribution in [3.63, 3.8) is 0 Å². The van der Waals surface area contributed by atoms with Crippen molar-refractivity contribution in [3.05, 3.63) is 240 Å². The van der Waals surface area contributed by atoms with Crippen molar-refractivity contribution in [2.45, 2.75) is 18.3 Å². The van der Waals surface area contributed by atoms with Gasteiger partial charge in [0.15, 0.2) is 23.0 Å². The quantitative estimate of drug-likeness (QED) is 0.173. The lowest BCUT2D eigenvalue weighted by Crippen LogP contribution is -2.26. The maximum Gasteiger partial charge on any atom is 0.178 e. The van der Waals surface area contributed by atoms with Crippen LogP contribution in [0.1, 0.15) is 35.1 Å². The molecule has 65 heavy (non-hydrogen) atoms. The number of fused-ring (bicyclic) bond motifs is 16. The van der Waals surface area contributed by atoms with Crippen LogP contribution in [-0.2, 0) is 5.41 Å². The largest absolute Gasteiger partial charge is 0.456 e. The van der Waals surface area contributed by atoms with Crippen LogP contribution in [0.3, 0.4) is 0 Å². The summed E-state index contributed by atoms with van der Waals surface area (Å²) in [6, 6.07) is 71.3. The third-order valence-corrected chi connectivity index (χ3v) is 14.0. The van der Waals surface area contributed by atoms with Crippen LogP contribution in [0, 0.1) is 0 Å². The highest BCUT2D eigenvalue weighted by atomic mass is 16.6. The van der Waals surface area contributed by atoms with E-state index in [1.54, 1.807) is 0 Å². The zero-order chi connectivity index (χ0) is 42.6. The SMILES string of the molecule is C1=C2C(=CCC1)C1(c3ccccc32)c2ccccc2-c2c1ccc1c2Oc2c(cccc2-c2ccccc2N(c2ccccc2)c2ccc(-c3ccc4oc5ccccc5c4c3)cc2)O1. The highest BCUT2D eigenvalue weighted by Crippen LogP contribution is 2.68. The molecule has 4 nitrogen and oxygen atoms in total. The molecule has 1 atom stereocenters. The highest BCUT2D eigenvalue weighted by Gasteiger charge is 2.54. The van der Waals surface area contributed by atoms with Gasteiger partial charge in [0.2, 0.25) is 0 Å². The third kappa shape index (κ3) is 5.14. The van der Waals surface area contributed by atoms with Crippen LogP contribution in [0.25, 0.3) is 60.9 Å². The number of benzene rings is 9. The van der Waals surface area contributed by atoms with Gasteiger partial charge in [-0.05, 0) is 124 Å². The fourth-order valence-electron chi connectivity index (χ4n) is 11.3. The Hall–Kier alpha value is -8.34. The van der Waals surface area contributed by atoms with E-state index in [4.69, 9.17) is 13.9 Å². The molecule has 0 amide bonds. The van der Waals surface area contributed by atoms with Gasteiger partial charge in [-0.25, -0.2) is 0 Å². The monoisotopic (exact) mass is 833 g/mol. The van der Waals surface area contributed by atoms with E-state index in [-0.39, 0.29) is 0 Å². The summed E-state index contributed by atoms with van der Waals surface area (Å²) in [5, 5.41) is 2.24. The molecule has 1 unspecified atom stereocenters. The van der Waals surface area contributed by atoms with Crippen LogP contribution in [-0.4, -0.2) is 0 Å². The first-order valence-electron chi connectivity index (χ1n) is 22.5. The number of rotatable bonds is 5. The Morgan fingerprint density at radius 3 is 1.95 bits per heavy atom. The molecule has 0 saturated carbocycles. The fraction of sp³-hybridized carbons (Fsp3) is 0.0492. The molecule has 0 radical (unpaired) electrons. The summed E-state index contributed by atoms with van der Waals surface area (Å²) >= 11 is 0. The van der Waals surface area contributed by atoms with Crippen LogP contribution in [0.2, 0.25) is 0 Å². The summed E-state index contributed by atoms with van der Waals surface area (Å²) in [5.41, 5.74) is 18.9. The van der Waals surface area contributed by atoms with E-state index in [0.29, 0.717) is 11.5 Å². The predicted molar refractivity (Wildman–Crippen MR) is 263 cm³/mol. The lowest BCUT2D eigenvalue weighted by atomic mass is 9.69. The number of furan rings is 1. The Morgan fingerprint density at radius 1 is 0.415 bits per heavy atom. The minimum atomic E-state index is -0.439. The smallest absolute Gasteiger partial charge is 0.178 e. The molecule has 3 aliphatic carbocycles. The maximum absolute atomic E-state index is 7.37. The number of hydrogen-bond acceptors (Lipinski definition) is 4. The average Bonchev–Trinajstić information content (AvgIpc) is 4.00. The van der Waals surface area contributed by atoms with Gasteiger partial charge in [-0.3, -0.25) is 0 Å². The number of hydrogen-bond donors (Lipinski definition) is 0. The average molecular weight is 834 g/mol. The number of ether oxygens (including phenoxy) is 2. The molecule has 1 spiro atoms. The van der Waals surface area contributed by atoms with Crippen molar-refractivity contribution in [2.75, 3.05) is 4.90 Å². The van der Waals surface area contributed by atoms with Crippen molar-refractivity contribution in [2.24, 2.45) is 0 Å². The highest BCUT2D eigenvalue weighted by molar-refractivity contribution is 6.06. The molecule has 9 aromatic carbocycles. The lowest BCUT2D eigenvalue weighted by molar-refractivity contribution is 0.361. The molecule has 0 N–H and O–H groups in total. The summed E-state index contributed by atoms with van der Waals surface area (Å²) < 4.78 is 20.4. The molecule has 10 aromatic rings. The Kier molecular flexibility index (Phi) is 7.70. The topological polar surface area (TPSA) is 34.8 Å². The summed E-state index contributed by atoms with van der Waals surface area (Å²) in [4.78, 5) is 2.33. The summed E-state index contributed by atoms with van der Waals surface area (Å²) in [7, 11) is 0. The first-order valence-corrected chi connectivity index (χ1v) is 22.5. The summed E-state index contributed by atoms with van der Waals surface area (Å²) in [6.07, 6.45) is 7.00. The van der Waals surface area contributed by atoms with Crippen LogP contribution >= 0.6 is 0 Å². The maximum atomic E-state index is 7.37. The van der Waals surface area contributed by atoms with Crippen molar-refractivity contribution < 1.29 is 13.9 Å². The van der Waals surface area contributed by atoms with E-state index >= 15 is 0 Å². The zero-order valence-corrected chi connectivity index (χ0v) is 35.3. The number of nitrogens with zero attached hydrogens (tertiary/aromatic N) is 1. The summed E-state index contributed by atoms with van der Waals surface area (Å²) in [5.74, 6) is 2.87. The Bertz CT molecular complexity index is 3670. The van der Waals surface area contributed by atoms with Crippen molar-refractivity contribution in [1.29, 1.82) is 0 Å². The molecule has 2 heterocycles. The zero-order valence-electron chi connectivity index (χ0n) is 35.3. The van der Waals surface area contributed by atoms with E-state index in [1.165, 1.54) is 39.0 Å². The standard InChI is InChI=1S/C61H39NO3/c1-2-15-40(16-3-1)62(41-32-29-38(30-33-41)39-31-35-55-48(37-39)45-20-8-13-27-54(45)63-55)53-26-12-7-19-44(53)46-22-14-28-56-59(46)65-60-57(64-56)36-34-52-58(60)47-21-6-11-25-51(47)61(52)49-23-9-4-17-42(49)43-18-5-10-24-50(43)61/h1-4,6-9,11-37H,5,10H2. The van der Waals surface area contributed by atoms with E-state index in [2.05, 4.69) is 199 Å².